The standard InChI is InChI=1S/C14H16N2OS/c1-3-12-7-13(18-10(12)2)14(17)16-9-11-5-4-6-15-8-11/h4-8H,3,9H2,1-2H3,(H,16,17). The molecule has 0 aliphatic carbocycles. The lowest BCUT2D eigenvalue weighted by Gasteiger charge is -2.02. The number of hydrogen-bond donors (Lipinski definition) is 1. The second-order valence-electron chi connectivity index (χ2n) is 4.09. The Morgan fingerprint density at radius 2 is 2.33 bits per heavy atom. The van der Waals surface area contributed by atoms with Gasteiger partial charge in [0.2, 0.25) is 0 Å². The van der Waals surface area contributed by atoms with Crippen molar-refractivity contribution in [3.63, 3.8) is 0 Å². The molecule has 0 aromatic carbocycles. The van der Waals surface area contributed by atoms with Crippen molar-refractivity contribution in [3.05, 3.63) is 51.5 Å². The molecule has 0 bridgehead atoms. The maximum absolute atomic E-state index is 12.0. The Bertz CT molecular complexity index is 534. The molecule has 2 rings (SSSR count). The Hall–Kier alpha value is -1.68. The molecular weight excluding hydrogens is 244 g/mol. The van der Waals surface area contributed by atoms with Crippen LogP contribution in [0.3, 0.4) is 0 Å². The van der Waals surface area contributed by atoms with Crippen molar-refractivity contribution >= 4 is 17.2 Å². The number of thiophene rings is 1. The summed E-state index contributed by atoms with van der Waals surface area (Å²) in [6, 6.07) is 5.80. The van der Waals surface area contributed by atoms with E-state index in [-0.39, 0.29) is 5.91 Å². The maximum Gasteiger partial charge on any atom is 0.261 e. The fourth-order valence-corrected chi connectivity index (χ4v) is 2.79. The van der Waals surface area contributed by atoms with Gasteiger partial charge in [0, 0.05) is 23.8 Å². The minimum absolute atomic E-state index is 0.00773. The minimum Gasteiger partial charge on any atom is -0.347 e. The molecule has 1 N–H and O–H groups in total. The van der Waals surface area contributed by atoms with Crippen molar-refractivity contribution in [1.29, 1.82) is 0 Å². The van der Waals surface area contributed by atoms with Gasteiger partial charge in [-0.2, -0.15) is 0 Å². The number of hydrogen-bond acceptors (Lipinski definition) is 3. The number of carbonyl (C=O) groups excluding carboxylic acids is 1. The first-order valence-electron chi connectivity index (χ1n) is 5.97. The molecular formula is C14H16N2OS. The molecule has 0 aliphatic rings. The van der Waals surface area contributed by atoms with Crippen LogP contribution in [-0.4, -0.2) is 10.9 Å². The van der Waals surface area contributed by atoms with Crippen LogP contribution in [0.4, 0.5) is 0 Å². The summed E-state index contributed by atoms with van der Waals surface area (Å²) in [5, 5.41) is 2.91. The number of carbonyl (C=O) groups is 1. The predicted octanol–water partition coefficient (Wildman–Crippen LogP) is 2.94. The number of pyridine rings is 1. The molecule has 2 heterocycles. The van der Waals surface area contributed by atoms with Crippen LogP contribution in [0.2, 0.25) is 0 Å². The lowest BCUT2D eigenvalue weighted by molar-refractivity contribution is 0.0955. The molecule has 0 radical (unpaired) electrons. The predicted molar refractivity (Wildman–Crippen MR) is 73.8 cm³/mol. The highest BCUT2D eigenvalue weighted by Gasteiger charge is 2.11. The quantitative estimate of drug-likeness (QED) is 0.918. The molecule has 0 saturated heterocycles. The molecule has 1 amide bonds. The van der Waals surface area contributed by atoms with Crippen LogP contribution in [0.25, 0.3) is 0 Å². The zero-order chi connectivity index (χ0) is 13.0. The first-order chi connectivity index (χ1) is 8.70. The van der Waals surface area contributed by atoms with Gasteiger partial charge < -0.3 is 5.32 Å². The molecule has 3 nitrogen and oxygen atoms in total. The number of nitrogens with zero attached hydrogens (tertiary/aromatic N) is 1. The topological polar surface area (TPSA) is 42.0 Å². The van der Waals surface area contributed by atoms with E-state index < -0.39 is 0 Å². The molecule has 0 fully saturated rings. The molecule has 0 atom stereocenters. The summed E-state index contributed by atoms with van der Waals surface area (Å²) in [7, 11) is 0. The summed E-state index contributed by atoms with van der Waals surface area (Å²) in [5.41, 5.74) is 2.27. The summed E-state index contributed by atoms with van der Waals surface area (Å²) in [6.07, 6.45) is 4.46. The smallest absolute Gasteiger partial charge is 0.261 e. The van der Waals surface area contributed by atoms with Gasteiger partial charge in [-0.3, -0.25) is 9.78 Å². The lowest BCUT2D eigenvalue weighted by Crippen LogP contribution is -2.21. The van der Waals surface area contributed by atoms with Gasteiger partial charge in [0.25, 0.3) is 5.91 Å². The number of rotatable bonds is 4. The second-order valence-corrected chi connectivity index (χ2v) is 5.35. The first kappa shape index (κ1) is 12.8. The van der Waals surface area contributed by atoms with Crippen molar-refractivity contribution in [2.45, 2.75) is 26.8 Å². The number of aromatic nitrogens is 1. The van der Waals surface area contributed by atoms with E-state index in [1.54, 1.807) is 23.7 Å². The molecule has 0 spiro atoms. The van der Waals surface area contributed by atoms with E-state index in [4.69, 9.17) is 0 Å². The molecule has 2 aromatic heterocycles. The van der Waals surface area contributed by atoms with E-state index >= 15 is 0 Å². The highest BCUT2D eigenvalue weighted by molar-refractivity contribution is 7.14. The van der Waals surface area contributed by atoms with E-state index in [2.05, 4.69) is 24.1 Å². The monoisotopic (exact) mass is 260 g/mol. The zero-order valence-corrected chi connectivity index (χ0v) is 11.4. The lowest BCUT2D eigenvalue weighted by atomic mass is 10.2. The third-order valence-electron chi connectivity index (χ3n) is 2.80. The summed E-state index contributed by atoms with van der Waals surface area (Å²) >= 11 is 1.55. The number of aryl methyl sites for hydroxylation is 2. The molecule has 0 unspecified atom stereocenters. The fraction of sp³-hybridized carbons (Fsp3) is 0.286. The Balaban J connectivity index is 1.99. The van der Waals surface area contributed by atoms with Gasteiger partial charge in [-0.15, -0.1) is 11.3 Å². The second kappa shape index (κ2) is 5.78. The Morgan fingerprint density at radius 3 is 2.94 bits per heavy atom. The van der Waals surface area contributed by atoms with Gasteiger partial charge in [0.05, 0.1) is 4.88 Å². The average molecular weight is 260 g/mol. The SMILES string of the molecule is CCc1cc(C(=O)NCc2cccnc2)sc1C. The summed E-state index contributed by atoms with van der Waals surface area (Å²) < 4.78 is 0. The van der Waals surface area contributed by atoms with Crippen LogP contribution < -0.4 is 5.32 Å². The Labute approximate surface area is 111 Å². The summed E-state index contributed by atoms with van der Waals surface area (Å²) in [4.78, 5) is 18.0. The van der Waals surface area contributed by atoms with Gasteiger partial charge in [-0.05, 0) is 36.6 Å². The van der Waals surface area contributed by atoms with Crippen LogP contribution >= 0.6 is 11.3 Å². The molecule has 94 valence electrons. The van der Waals surface area contributed by atoms with Crippen LogP contribution in [0.15, 0.2) is 30.6 Å². The van der Waals surface area contributed by atoms with E-state index in [9.17, 15) is 4.79 Å². The first-order valence-corrected chi connectivity index (χ1v) is 6.78. The van der Waals surface area contributed by atoms with Gasteiger partial charge in [0.15, 0.2) is 0 Å². The fourth-order valence-electron chi connectivity index (χ4n) is 1.75. The van der Waals surface area contributed by atoms with Gasteiger partial charge >= 0.3 is 0 Å². The minimum atomic E-state index is -0.00773. The summed E-state index contributed by atoms with van der Waals surface area (Å²) in [6.45, 7) is 4.68. The molecule has 4 heteroatoms. The normalized spacial score (nSPS) is 10.3. The van der Waals surface area contributed by atoms with E-state index in [0.29, 0.717) is 6.54 Å². The van der Waals surface area contributed by atoms with Crippen molar-refractivity contribution in [1.82, 2.24) is 10.3 Å². The van der Waals surface area contributed by atoms with Crippen LogP contribution in [0.5, 0.6) is 0 Å². The largest absolute Gasteiger partial charge is 0.347 e. The average Bonchev–Trinajstić information content (AvgIpc) is 2.78. The van der Waals surface area contributed by atoms with Crippen molar-refractivity contribution in [3.8, 4) is 0 Å². The van der Waals surface area contributed by atoms with Gasteiger partial charge in [-0.1, -0.05) is 13.0 Å². The third kappa shape index (κ3) is 2.96. The number of nitrogens with one attached hydrogen (secondary N) is 1. The Kier molecular flexibility index (Phi) is 4.10. The molecule has 2 aromatic rings. The molecule has 0 saturated carbocycles. The highest BCUT2D eigenvalue weighted by Crippen LogP contribution is 2.21. The molecule has 0 aliphatic heterocycles. The van der Waals surface area contributed by atoms with Crippen LogP contribution in [0.1, 0.15) is 32.6 Å². The zero-order valence-electron chi connectivity index (χ0n) is 10.6. The van der Waals surface area contributed by atoms with E-state index in [1.807, 2.05) is 18.2 Å². The highest BCUT2D eigenvalue weighted by atomic mass is 32.1. The van der Waals surface area contributed by atoms with Crippen molar-refractivity contribution < 1.29 is 4.79 Å². The third-order valence-corrected chi connectivity index (χ3v) is 3.89. The van der Waals surface area contributed by atoms with Gasteiger partial charge in [0.1, 0.15) is 0 Å². The van der Waals surface area contributed by atoms with E-state index in [0.717, 1.165) is 16.9 Å². The Morgan fingerprint density at radius 1 is 1.50 bits per heavy atom. The van der Waals surface area contributed by atoms with Crippen LogP contribution in [-0.2, 0) is 13.0 Å². The van der Waals surface area contributed by atoms with Crippen molar-refractivity contribution in [2.24, 2.45) is 0 Å². The maximum atomic E-state index is 12.0. The van der Waals surface area contributed by atoms with E-state index in [1.165, 1.54) is 10.4 Å². The summed E-state index contributed by atoms with van der Waals surface area (Å²) in [5.74, 6) is -0.00773. The van der Waals surface area contributed by atoms with Crippen LogP contribution in [0, 0.1) is 6.92 Å². The van der Waals surface area contributed by atoms with Crippen molar-refractivity contribution in [2.75, 3.05) is 0 Å². The van der Waals surface area contributed by atoms with Gasteiger partial charge in [-0.25, -0.2) is 0 Å². The molecule has 18 heavy (non-hydrogen) atoms. The number of amides is 1.